The Labute approximate surface area is 143 Å². The molecule has 0 N–H and O–H groups in total. The van der Waals surface area contributed by atoms with Gasteiger partial charge in [-0.15, -0.1) is 17.1 Å². The number of hydrogen-bond acceptors (Lipinski definition) is 4. The summed E-state index contributed by atoms with van der Waals surface area (Å²) >= 11 is 1.56. The van der Waals surface area contributed by atoms with Crippen LogP contribution in [0.4, 0.5) is 4.39 Å². The second-order valence-corrected chi connectivity index (χ2v) is 5.97. The predicted molar refractivity (Wildman–Crippen MR) is 94.3 cm³/mol. The molecule has 1 aliphatic heterocycles. The summed E-state index contributed by atoms with van der Waals surface area (Å²) in [7, 11) is 1.33. The highest BCUT2D eigenvalue weighted by molar-refractivity contribution is 7.11. The average Bonchev–Trinajstić information content (AvgIpc) is 3.10. The van der Waals surface area contributed by atoms with Crippen LogP contribution in [0.5, 0.6) is 0 Å². The summed E-state index contributed by atoms with van der Waals surface area (Å²) < 4.78 is 18.0. The highest BCUT2D eigenvalue weighted by atomic mass is 32.1. The fourth-order valence-corrected chi connectivity index (χ4v) is 3.06. The summed E-state index contributed by atoms with van der Waals surface area (Å²) in [6, 6.07) is 10.2. The number of halogens is 1. The van der Waals surface area contributed by atoms with E-state index in [0.717, 1.165) is 21.6 Å². The van der Waals surface area contributed by atoms with Crippen LogP contribution in [-0.4, -0.2) is 18.8 Å². The van der Waals surface area contributed by atoms with Crippen molar-refractivity contribution in [3.63, 3.8) is 0 Å². The highest BCUT2D eigenvalue weighted by Gasteiger charge is 2.15. The quantitative estimate of drug-likeness (QED) is 0.611. The third-order valence-electron chi connectivity index (χ3n) is 3.50. The van der Waals surface area contributed by atoms with Crippen LogP contribution < -0.4 is 0 Å². The molecule has 3 nitrogen and oxygen atoms in total. The summed E-state index contributed by atoms with van der Waals surface area (Å²) in [4.78, 5) is 17.0. The summed E-state index contributed by atoms with van der Waals surface area (Å²) in [5, 5.41) is 1.96. The van der Waals surface area contributed by atoms with Gasteiger partial charge in [0.25, 0.3) is 0 Å². The van der Waals surface area contributed by atoms with Gasteiger partial charge in [-0.25, -0.2) is 9.18 Å². The van der Waals surface area contributed by atoms with E-state index in [4.69, 9.17) is 4.74 Å². The van der Waals surface area contributed by atoms with Crippen molar-refractivity contribution in [1.29, 1.82) is 0 Å². The highest BCUT2D eigenvalue weighted by Crippen LogP contribution is 2.34. The number of thiophene rings is 1. The molecule has 0 saturated carbocycles. The summed E-state index contributed by atoms with van der Waals surface area (Å²) in [5.74, 6) is -0.748. The molecule has 0 amide bonds. The molecule has 1 aliphatic rings. The van der Waals surface area contributed by atoms with E-state index >= 15 is 0 Å². The van der Waals surface area contributed by atoms with Gasteiger partial charge in [-0.05, 0) is 35.2 Å². The van der Waals surface area contributed by atoms with Crippen molar-refractivity contribution in [1.82, 2.24) is 0 Å². The molecule has 24 heavy (non-hydrogen) atoms. The lowest BCUT2D eigenvalue weighted by Crippen LogP contribution is -2.14. The van der Waals surface area contributed by atoms with Crippen LogP contribution in [-0.2, 0) is 9.53 Å². The summed E-state index contributed by atoms with van der Waals surface area (Å²) in [6.45, 7) is 0. The number of ether oxygens (including phenoxy) is 1. The number of hydrogen-bond donors (Lipinski definition) is 0. The van der Waals surface area contributed by atoms with Crippen LogP contribution in [0.2, 0.25) is 0 Å². The lowest BCUT2D eigenvalue weighted by atomic mass is 9.97. The summed E-state index contributed by atoms with van der Waals surface area (Å²) in [6.07, 6.45) is 3.72. The van der Waals surface area contributed by atoms with Gasteiger partial charge in [-0.2, -0.15) is 0 Å². The molecule has 120 valence electrons. The van der Waals surface area contributed by atoms with E-state index in [1.54, 1.807) is 35.7 Å². The normalized spacial score (nSPS) is 16.3. The van der Waals surface area contributed by atoms with Crippen LogP contribution in [0.25, 0.3) is 11.1 Å². The number of benzene rings is 1. The minimum atomic E-state index is -0.458. The van der Waals surface area contributed by atoms with Gasteiger partial charge in [0.2, 0.25) is 0 Å². The maximum atomic E-state index is 13.2. The third kappa shape index (κ3) is 3.43. The number of carbonyl (C=O) groups is 1. The number of methoxy groups -OCH3 is 1. The largest absolute Gasteiger partial charge is 0.465 e. The van der Waals surface area contributed by atoms with Gasteiger partial charge < -0.3 is 4.74 Å². The molecule has 0 atom stereocenters. The molecular formula is C19H14FNO2S. The lowest BCUT2D eigenvalue weighted by Gasteiger charge is -2.10. The van der Waals surface area contributed by atoms with Crippen molar-refractivity contribution in [2.24, 2.45) is 4.99 Å². The molecule has 0 saturated heterocycles. The van der Waals surface area contributed by atoms with Crippen molar-refractivity contribution in [2.75, 3.05) is 7.11 Å². The van der Waals surface area contributed by atoms with Gasteiger partial charge in [0.1, 0.15) is 11.5 Å². The minimum absolute atomic E-state index is 0.290. The molecule has 3 rings (SSSR count). The number of aliphatic imine (C=N–C) groups is 1. The van der Waals surface area contributed by atoms with Crippen molar-refractivity contribution < 1.29 is 13.9 Å². The molecule has 0 spiro atoms. The average molecular weight is 339 g/mol. The van der Waals surface area contributed by atoms with Crippen molar-refractivity contribution >= 4 is 34.2 Å². The monoisotopic (exact) mass is 339 g/mol. The first kappa shape index (κ1) is 16.1. The second kappa shape index (κ2) is 7.21. The van der Waals surface area contributed by atoms with Crippen LogP contribution in [0.15, 0.2) is 64.8 Å². The van der Waals surface area contributed by atoms with Crippen LogP contribution in [0, 0.1) is 5.82 Å². The van der Waals surface area contributed by atoms with E-state index in [1.165, 1.54) is 19.2 Å². The van der Waals surface area contributed by atoms with Gasteiger partial charge in [0.15, 0.2) is 0 Å². The molecule has 5 heteroatoms. The number of nitrogens with zero attached hydrogens (tertiary/aromatic N) is 1. The van der Waals surface area contributed by atoms with Gasteiger partial charge in [-0.3, -0.25) is 4.99 Å². The van der Waals surface area contributed by atoms with Gasteiger partial charge >= 0.3 is 5.97 Å². The zero-order valence-electron chi connectivity index (χ0n) is 13.0. The Morgan fingerprint density at radius 1 is 1.29 bits per heavy atom. The maximum Gasteiger partial charge on any atom is 0.352 e. The maximum absolute atomic E-state index is 13.2. The Bertz CT molecular complexity index is 871. The van der Waals surface area contributed by atoms with E-state index < -0.39 is 5.97 Å². The first-order chi connectivity index (χ1) is 11.7. The lowest BCUT2D eigenvalue weighted by molar-refractivity contribution is -0.132. The van der Waals surface area contributed by atoms with E-state index in [2.05, 4.69) is 10.7 Å². The minimum Gasteiger partial charge on any atom is -0.465 e. The van der Waals surface area contributed by atoms with Crippen LogP contribution in [0.1, 0.15) is 16.9 Å². The number of esters is 1. The van der Waals surface area contributed by atoms with E-state index in [-0.39, 0.29) is 5.82 Å². The predicted octanol–water partition coefficient (Wildman–Crippen LogP) is 4.48. The summed E-state index contributed by atoms with van der Waals surface area (Å²) in [5.41, 5.74) is 6.02. The van der Waals surface area contributed by atoms with E-state index in [9.17, 15) is 9.18 Å². The molecule has 0 aliphatic carbocycles. The number of allylic oxidation sites excluding steroid dienone is 2. The van der Waals surface area contributed by atoms with Gasteiger partial charge in [0, 0.05) is 28.6 Å². The number of rotatable bonds is 3. The Hall–Kier alpha value is -2.75. The Morgan fingerprint density at radius 3 is 2.75 bits per heavy atom. The molecule has 0 fully saturated rings. The molecule has 1 aromatic heterocycles. The first-order valence-corrected chi connectivity index (χ1v) is 8.17. The molecule has 2 aromatic rings. The zero-order valence-corrected chi connectivity index (χ0v) is 13.8. The fourth-order valence-electron chi connectivity index (χ4n) is 2.32. The molecule has 2 heterocycles. The van der Waals surface area contributed by atoms with Crippen LogP contribution in [0.3, 0.4) is 0 Å². The topological polar surface area (TPSA) is 38.7 Å². The zero-order chi connectivity index (χ0) is 16.9. The second-order valence-electron chi connectivity index (χ2n) is 5.02. The molecule has 0 radical (unpaired) electrons. The third-order valence-corrected chi connectivity index (χ3v) is 4.40. The Balaban J connectivity index is 2.12. The molecule has 1 aromatic carbocycles. The van der Waals surface area contributed by atoms with Gasteiger partial charge in [0.05, 0.1) is 7.11 Å². The SMILES string of the molecule is COC(=O)C1=N/C=C(/c2cccs2)C(c2ccc(F)cc2)=C=CC1. The van der Waals surface area contributed by atoms with Crippen molar-refractivity contribution in [2.45, 2.75) is 6.42 Å². The standard InChI is InChI=1S/C19H14FNO2S/c1-23-19(22)17-5-2-4-15(13-7-9-14(20)10-8-13)16(12-21-17)18-6-3-11-24-18/h2-3,6-12H,5H2,1H3/b16-12+,21-17?. The molecule has 0 bridgehead atoms. The molecular weight excluding hydrogens is 325 g/mol. The van der Waals surface area contributed by atoms with Crippen molar-refractivity contribution in [3.05, 3.63) is 76.0 Å². The smallest absolute Gasteiger partial charge is 0.352 e. The van der Waals surface area contributed by atoms with Crippen molar-refractivity contribution in [3.8, 4) is 0 Å². The fraction of sp³-hybridized carbons (Fsp3) is 0.105. The van der Waals surface area contributed by atoms with E-state index in [0.29, 0.717) is 12.1 Å². The van der Waals surface area contributed by atoms with E-state index in [1.807, 2.05) is 17.5 Å². The van der Waals surface area contributed by atoms with Crippen LogP contribution >= 0.6 is 11.3 Å². The number of carbonyl (C=O) groups excluding carboxylic acids is 1. The van der Waals surface area contributed by atoms with Gasteiger partial charge in [-0.1, -0.05) is 18.2 Å². The molecule has 0 unspecified atom stereocenters. The Kier molecular flexibility index (Phi) is 4.85. The Morgan fingerprint density at radius 2 is 2.08 bits per heavy atom. The first-order valence-electron chi connectivity index (χ1n) is 7.29.